The Morgan fingerprint density at radius 1 is 0.656 bits per heavy atom. The van der Waals surface area contributed by atoms with Crippen molar-refractivity contribution in [2.24, 2.45) is 22.7 Å². The van der Waals surface area contributed by atoms with Gasteiger partial charge in [-0.15, -0.1) is 61.2 Å². The smallest absolute Gasteiger partial charge is 0.245 e. The van der Waals surface area contributed by atoms with E-state index in [1.54, 1.807) is 23.6 Å². The number of thiazole rings is 2. The van der Waals surface area contributed by atoms with E-state index in [0.717, 1.165) is 59.4 Å². The van der Waals surface area contributed by atoms with Gasteiger partial charge in [-0.3, -0.25) is 14.3 Å². The predicted molar refractivity (Wildman–Crippen MR) is 386 cm³/mol. The minimum Gasteiger partial charge on any atom is -0.339 e. The fourth-order valence-corrected chi connectivity index (χ4v) is 11.1. The van der Waals surface area contributed by atoms with E-state index < -0.39 is 0 Å². The fraction of sp³-hybridized carbons (Fsp3) is 0.520. The van der Waals surface area contributed by atoms with Crippen LogP contribution in [0.1, 0.15) is 239 Å². The highest BCUT2D eigenvalue weighted by Crippen LogP contribution is 2.35. The van der Waals surface area contributed by atoms with Gasteiger partial charge in [0.05, 0.1) is 11.2 Å². The predicted octanol–water partition coefficient (Wildman–Crippen LogP) is 17.6. The highest BCUT2D eigenvalue weighted by Gasteiger charge is 2.33. The molecule has 1 aliphatic heterocycles. The second-order valence-electron chi connectivity index (χ2n) is 29.9. The van der Waals surface area contributed by atoms with Crippen molar-refractivity contribution in [2.75, 3.05) is 13.1 Å². The number of nitrogens with zero attached hydrogens (tertiary/aromatic N) is 9. The molecule has 1 aliphatic carbocycles. The number of rotatable bonds is 1. The molecule has 0 saturated carbocycles. The minimum absolute atomic E-state index is 0.0229. The Labute approximate surface area is 560 Å². The van der Waals surface area contributed by atoms with Gasteiger partial charge in [0.2, 0.25) is 5.91 Å². The van der Waals surface area contributed by atoms with Crippen LogP contribution in [0.25, 0.3) is 0 Å². The molecule has 15 heteroatoms. The zero-order valence-electron chi connectivity index (χ0n) is 58.7. The van der Waals surface area contributed by atoms with Crippen molar-refractivity contribution in [3.8, 4) is 74.1 Å². The van der Waals surface area contributed by atoms with Crippen LogP contribution in [0.15, 0.2) is 72.5 Å². The van der Waals surface area contributed by atoms with Gasteiger partial charge in [-0.1, -0.05) is 137 Å². The Hall–Kier alpha value is -7.08. The number of allylic oxidation sites excluding steroid dienone is 2. The van der Waals surface area contributed by atoms with Gasteiger partial charge in [-0.05, 0) is 176 Å². The number of carbonyl (C=O) groups excluding carboxylic acids is 2. The Morgan fingerprint density at radius 3 is 1.57 bits per heavy atom. The summed E-state index contributed by atoms with van der Waals surface area (Å²) in [4.78, 5) is 39.1. The lowest BCUT2D eigenvalue weighted by Gasteiger charge is -2.30. The highest BCUT2D eigenvalue weighted by molar-refractivity contribution is 7.12. The van der Waals surface area contributed by atoms with Crippen LogP contribution in [0.3, 0.4) is 0 Å². The standard InChI is InChI=1S/C11H19NO.C10H16O.2C9H12N2.4C9H11NS/c1-5-10(13)12-7-6-9(8-12)11(2,3)4;1-10(2,3)8-5-4-6-9(11)7-8;1-5-8-10-6-7-11(8)9(2,3)4;1-5-8-6-7-11(10-8)9(2,3)4;1-5-8-10-7(6-11-8)9(2,3)4;1-5-8-10-6-7(11-8)9(2,3)4;1-5-8-7(6-11-10-8)9(2,3)4;1-5-7-6-8(11-10-7)9(2,3)4/h5,9H,1,6-8H2,2-4H3;4,6,8H,5,7H2,1-3H3;2*1,6-7H,2-4H3;4*1,6H,2-4H3. The molecule has 0 spiro atoms. The lowest BCUT2D eigenvalue weighted by molar-refractivity contribution is -0.125. The first-order chi connectivity index (χ1) is 41.2. The summed E-state index contributed by atoms with van der Waals surface area (Å²) in [6.07, 6.45) is 46.8. The van der Waals surface area contributed by atoms with E-state index in [4.69, 9.17) is 38.5 Å². The summed E-state index contributed by atoms with van der Waals surface area (Å²) in [5, 5.41) is 9.77. The van der Waals surface area contributed by atoms with Crippen LogP contribution >= 0.6 is 45.7 Å². The Morgan fingerprint density at radius 2 is 1.24 bits per heavy atom. The molecular weight excluding hydrogens is 1190 g/mol. The molecule has 1 fully saturated rings. The minimum atomic E-state index is 0.0229. The SMILES string of the molecule is C#Cc1cc(C(C)(C)C)sn1.C#Cc1ccn(C(C)(C)C)n1.C#Cc1nc(C(C)(C)C)cs1.C#Cc1ncc(C(C)(C)C)s1.C#Cc1nccn1C(C)(C)C.C#Cc1nscc1C(C)(C)C.C=CC(=O)N1CCC(C(C)(C)C)C1.CC(C)(C)C1CC=CC(=O)C1. The normalized spacial score (nSPS) is 14.6. The Bertz CT molecular complexity index is 3200. The van der Waals surface area contributed by atoms with Gasteiger partial charge in [0.15, 0.2) is 21.6 Å². The van der Waals surface area contributed by atoms with Crippen LogP contribution < -0.4 is 0 Å². The molecule has 6 aromatic heterocycles. The van der Waals surface area contributed by atoms with Crippen LogP contribution in [0.5, 0.6) is 0 Å². The lowest BCUT2D eigenvalue weighted by atomic mass is 9.74. The van der Waals surface area contributed by atoms with Crippen LogP contribution in [0.2, 0.25) is 0 Å². The second kappa shape index (κ2) is 34.9. The number of carbonyl (C=O) groups is 2. The van der Waals surface area contributed by atoms with Crippen molar-refractivity contribution in [1.29, 1.82) is 0 Å². The molecule has 2 atom stereocenters. The average Bonchev–Trinajstić information content (AvgIpc) is 2.17. The number of terminal acetylenes is 6. The molecule has 0 radical (unpaired) electrons. The Balaban J connectivity index is 0.000000515. The van der Waals surface area contributed by atoms with Gasteiger partial charge in [0.1, 0.15) is 17.1 Å². The first-order valence-electron chi connectivity index (χ1n) is 30.1. The van der Waals surface area contributed by atoms with Crippen molar-refractivity contribution in [1.82, 2.24) is 42.9 Å². The summed E-state index contributed by atoms with van der Waals surface area (Å²) in [7, 11) is 0. The maximum absolute atomic E-state index is 11.3. The first kappa shape index (κ1) is 80.9. The van der Waals surface area contributed by atoms with E-state index >= 15 is 0 Å². The third kappa shape index (κ3) is 28.8. The Kier molecular flexibility index (Phi) is 31.4. The molecule has 0 N–H and O–H groups in total. The second-order valence-corrected chi connectivity index (χ2v) is 33.2. The van der Waals surface area contributed by atoms with E-state index in [0.29, 0.717) is 28.8 Å². The van der Waals surface area contributed by atoms with Gasteiger partial charge < -0.3 is 9.47 Å². The zero-order chi connectivity index (χ0) is 69.4. The number of hydrogen-bond donors (Lipinski definition) is 0. The summed E-state index contributed by atoms with van der Waals surface area (Å²) in [6.45, 7) is 56.8. The lowest BCUT2D eigenvalue weighted by Crippen LogP contribution is -2.29. The van der Waals surface area contributed by atoms with E-state index in [9.17, 15) is 9.59 Å². The maximum Gasteiger partial charge on any atom is 0.245 e. The summed E-state index contributed by atoms with van der Waals surface area (Å²) >= 11 is 6.04. The zero-order valence-corrected chi connectivity index (χ0v) is 62.0. The van der Waals surface area contributed by atoms with Gasteiger partial charge in [0, 0.05) is 81.3 Å². The summed E-state index contributed by atoms with van der Waals surface area (Å²) in [5.74, 6) is 17.4. The van der Waals surface area contributed by atoms with Crippen molar-refractivity contribution >= 4 is 57.4 Å². The maximum atomic E-state index is 11.3. The number of aromatic nitrogens is 8. The number of ketones is 1. The van der Waals surface area contributed by atoms with Crippen molar-refractivity contribution < 1.29 is 9.59 Å². The van der Waals surface area contributed by atoms with E-state index in [-0.39, 0.29) is 49.8 Å². The number of likely N-dealkylation sites (tertiary alicyclic amines) is 1. The molecule has 484 valence electrons. The van der Waals surface area contributed by atoms with Crippen LogP contribution in [-0.2, 0) is 42.3 Å². The molecule has 2 unspecified atom stereocenters. The van der Waals surface area contributed by atoms with Crippen LogP contribution in [-0.4, -0.2) is 67.7 Å². The molecule has 90 heavy (non-hydrogen) atoms. The third-order valence-electron chi connectivity index (χ3n) is 13.9. The number of amides is 1. The monoisotopic (exact) mass is 1290 g/mol. The van der Waals surface area contributed by atoms with E-state index in [1.807, 2.05) is 61.7 Å². The van der Waals surface area contributed by atoms with Gasteiger partial charge in [-0.25, -0.2) is 15.0 Å². The largest absolute Gasteiger partial charge is 0.339 e. The van der Waals surface area contributed by atoms with Crippen molar-refractivity contribution in [3.05, 3.63) is 126 Å². The number of hydrogen-bond acceptors (Lipinski definition) is 12. The quantitative estimate of drug-likeness (QED) is 0.118. The summed E-state index contributed by atoms with van der Waals surface area (Å²) in [5.41, 5.74) is 5.71. The van der Waals surface area contributed by atoms with Crippen LogP contribution in [0, 0.1) is 96.7 Å². The third-order valence-corrected chi connectivity index (χ3v) is 17.9. The molecule has 8 rings (SSSR count). The fourth-order valence-electron chi connectivity index (χ4n) is 7.88. The summed E-state index contributed by atoms with van der Waals surface area (Å²) < 4.78 is 12.1. The summed E-state index contributed by atoms with van der Waals surface area (Å²) in [6, 6.07) is 3.82. The first-order valence-corrected chi connectivity index (χ1v) is 33.4. The molecule has 1 amide bonds. The van der Waals surface area contributed by atoms with E-state index in [2.05, 4.69) is 237 Å². The highest BCUT2D eigenvalue weighted by atomic mass is 32.1. The van der Waals surface area contributed by atoms with Gasteiger partial charge in [0.25, 0.3) is 0 Å². The van der Waals surface area contributed by atoms with Crippen molar-refractivity contribution in [3.63, 3.8) is 0 Å². The molecule has 0 aromatic carbocycles. The molecule has 1 saturated heterocycles. The molecule has 11 nitrogen and oxygen atoms in total. The molecule has 2 aliphatic rings. The molecule has 0 bridgehead atoms. The van der Waals surface area contributed by atoms with Gasteiger partial charge >= 0.3 is 0 Å². The van der Waals surface area contributed by atoms with E-state index in [1.165, 1.54) is 55.8 Å². The van der Waals surface area contributed by atoms with Gasteiger partial charge in [-0.2, -0.15) is 13.8 Å². The van der Waals surface area contributed by atoms with Crippen LogP contribution in [0.4, 0.5) is 0 Å². The molecular formula is C75H103N9O2S4. The molecule has 6 aromatic rings. The average molecular weight is 1290 g/mol. The number of imidazole rings is 1. The topological polar surface area (TPSA) is 125 Å². The molecule has 7 heterocycles. The van der Waals surface area contributed by atoms with Crippen molar-refractivity contribution in [2.45, 2.75) is 218 Å².